The average molecular weight is 248 g/mol. The van der Waals surface area contributed by atoms with E-state index in [1.807, 2.05) is 6.92 Å². The number of rotatable bonds is 4. The van der Waals surface area contributed by atoms with E-state index < -0.39 is 12.0 Å². The molecule has 96 valence electrons. The molecule has 1 fully saturated rings. The number of aryl methyl sites for hydroxylation is 2. The molecule has 1 aliphatic carbocycles. The van der Waals surface area contributed by atoms with Gasteiger partial charge in [0, 0.05) is 5.69 Å². The Morgan fingerprint density at radius 1 is 1.39 bits per heavy atom. The highest BCUT2D eigenvalue weighted by molar-refractivity contribution is 5.97. The number of pyridine rings is 1. The van der Waals surface area contributed by atoms with Crippen LogP contribution in [0.2, 0.25) is 0 Å². The number of hydrogen-bond donors (Lipinski definition) is 2. The molecule has 0 aliphatic heterocycles. The quantitative estimate of drug-likeness (QED) is 0.841. The first-order chi connectivity index (χ1) is 8.49. The number of nitrogens with one attached hydrogen (secondary N) is 1. The van der Waals surface area contributed by atoms with Crippen molar-refractivity contribution >= 4 is 11.9 Å². The van der Waals surface area contributed by atoms with Gasteiger partial charge in [-0.05, 0) is 44.7 Å². The van der Waals surface area contributed by atoms with Crippen molar-refractivity contribution in [2.24, 2.45) is 5.92 Å². The minimum atomic E-state index is -0.969. The molecule has 0 saturated heterocycles. The van der Waals surface area contributed by atoms with Gasteiger partial charge in [-0.25, -0.2) is 4.79 Å². The molecule has 5 heteroatoms. The third kappa shape index (κ3) is 2.67. The fourth-order valence-corrected chi connectivity index (χ4v) is 1.96. The maximum absolute atomic E-state index is 12.0. The second-order valence-corrected chi connectivity index (χ2v) is 4.71. The Bertz CT molecular complexity index is 495. The molecule has 1 heterocycles. The highest BCUT2D eigenvalue weighted by Crippen LogP contribution is 2.32. The van der Waals surface area contributed by atoms with E-state index >= 15 is 0 Å². The number of carboxylic acid groups (broad SMARTS) is 1. The van der Waals surface area contributed by atoms with E-state index in [9.17, 15) is 9.59 Å². The molecule has 18 heavy (non-hydrogen) atoms. The molecule has 2 N–H and O–H groups in total. The molecule has 0 bridgehead atoms. The van der Waals surface area contributed by atoms with E-state index in [4.69, 9.17) is 5.11 Å². The number of aliphatic carboxylic acids is 1. The summed E-state index contributed by atoms with van der Waals surface area (Å²) < 4.78 is 0. The van der Waals surface area contributed by atoms with Crippen molar-refractivity contribution in [3.8, 4) is 0 Å². The van der Waals surface area contributed by atoms with E-state index in [-0.39, 0.29) is 11.8 Å². The van der Waals surface area contributed by atoms with Crippen LogP contribution in [0.25, 0.3) is 0 Å². The molecule has 1 saturated carbocycles. The lowest BCUT2D eigenvalue weighted by atomic mass is 10.1. The molecule has 1 unspecified atom stereocenters. The molecule has 2 rings (SSSR count). The summed E-state index contributed by atoms with van der Waals surface area (Å²) in [4.78, 5) is 27.3. The van der Waals surface area contributed by atoms with E-state index in [2.05, 4.69) is 10.3 Å². The summed E-state index contributed by atoms with van der Waals surface area (Å²) in [5, 5.41) is 11.6. The maximum atomic E-state index is 12.0. The number of carbonyl (C=O) groups is 2. The van der Waals surface area contributed by atoms with Gasteiger partial charge in [0.1, 0.15) is 6.04 Å². The first-order valence-electron chi connectivity index (χ1n) is 5.97. The van der Waals surface area contributed by atoms with Crippen LogP contribution in [0.1, 0.15) is 34.6 Å². The summed E-state index contributed by atoms with van der Waals surface area (Å²) in [7, 11) is 0. The first kappa shape index (κ1) is 12.5. The van der Waals surface area contributed by atoms with Crippen molar-refractivity contribution < 1.29 is 14.7 Å². The summed E-state index contributed by atoms with van der Waals surface area (Å²) in [5.74, 6) is -1.26. The SMILES string of the molecule is Cc1ccc(C(=O)NC(C(=O)O)C2CC2)c(C)n1. The Hall–Kier alpha value is -1.91. The lowest BCUT2D eigenvalue weighted by Crippen LogP contribution is -2.42. The number of carbonyl (C=O) groups excluding carboxylic acids is 1. The summed E-state index contributed by atoms with van der Waals surface area (Å²) in [6, 6.07) is 2.64. The Labute approximate surface area is 105 Å². The Kier molecular flexibility index (Phi) is 3.32. The number of hydrogen-bond acceptors (Lipinski definition) is 3. The number of amides is 1. The van der Waals surface area contributed by atoms with Gasteiger partial charge >= 0.3 is 5.97 Å². The van der Waals surface area contributed by atoms with Gasteiger partial charge < -0.3 is 10.4 Å². The van der Waals surface area contributed by atoms with Gasteiger partial charge in [-0.1, -0.05) is 0 Å². The predicted molar refractivity (Wildman–Crippen MR) is 65.3 cm³/mol. The van der Waals surface area contributed by atoms with Crippen LogP contribution in [0, 0.1) is 19.8 Å². The zero-order valence-electron chi connectivity index (χ0n) is 10.4. The number of carboxylic acids is 1. The molecule has 1 aliphatic rings. The molecule has 0 radical (unpaired) electrons. The summed E-state index contributed by atoms with van der Waals surface area (Å²) in [6.45, 7) is 3.59. The first-order valence-corrected chi connectivity index (χ1v) is 5.97. The zero-order chi connectivity index (χ0) is 13.3. The topological polar surface area (TPSA) is 79.3 Å². The van der Waals surface area contributed by atoms with Crippen molar-refractivity contribution in [1.29, 1.82) is 0 Å². The van der Waals surface area contributed by atoms with Gasteiger partial charge in [0.05, 0.1) is 11.3 Å². The third-order valence-electron chi connectivity index (χ3n) is 3.12. The fourth-order valence-electron chi connectivity index (χ4n) is 1.96. The van der Waals surface area contributed by atoms with Gasteiger partial charge in [0.15, 0.2) is 0 Å². The van der Waals surface area contributed by atoms with Gasteiger partial charge in [-0.3, -0.25) is 9.78 Å². The van der Waals surface area contributed by atoms with Crippen LogP contribution in [0.15, 0.2) is 12.1 Å². The zero-order valence-corrected chi connectivity index (χ0v) is 10.4. The van der Waals surface area contributed by atoms with Gasteiger partial charge in [-0.2, -0.15) is 0 Å². The Balaban J connectivity index is 2.13. The van der Waals surface area contributed by atoms with Crippen LogP contribution in [0.4, 0.5) is 0 Å². The van der Waals surface area contributed by atoms with E-state index in [0.717, 1.165) is 18.5 Å². The van der Waals surface area contributed by atoms with Gasteiger partial charge in [0.25, 0.3) is 5.91 Å². The molecule has 0 aromatic carbocycles. The second kappa shape index (κ2) is 4.76. The van der Waals surface area contributed by atoms with Crippen molar-refractivity contribution in [1.82, 2.24) is 10.3 Å². The highest BCUT2D eigenvalue weighted by atomic mass is 16.4. The minimum absolute atomic E-state index is 0.0742. The summed E-state index contributed by atoms with van der Waals surface area (Å²) >= 11 is 0. The predicted octanol–water partition coefficient (Wildman–Crippen LogP) is 1.29. The summed E-state index contributed by atoms with van der Waals surface area (Å²) in [6.07, 6.45) is 1.73. The van der Waals surface area contributed by atoms with Crippen molar-refractivity contribution in [2.45, 2.75) is 32.7 Å². The fraction of sp³-hybridized carbons (Fsp3) is 0.462. The molecule has 5 nitrogen and oxygen atoms in total. The third-order valence-corrected chi connectivity index (χ3v) is 3.12. The largest absolute Gasteiger partial charge is 0.480 e. The Morgan fingerprint density at radius 2 is 2.06 bits per heavy atom. The Morgan fingerprint density at radius 3 is 2.56 bits per heavy atom. The molecular weight excluding hydrogens is 232 g/mol. The lowest BCUT2D eigenvalue weighted by molar-refractivity contribution is -0.139. The number of nitrogens with zero attached hydrogens (tertiary/aromatic N) is 1. The monoisotopic (exact) mass is 248 g/mol. The molecule has 1 aromatic heterocycles. The molecular formula is C13H16N2O3. The van der Waals surface area contributed by atoms with Gasteiger partial charge in [0.2, 0.25) is 0 Å². The molecule has 1 amide bonds. The smallest absolute Gasteiger partial charge is 0.326 e. The molecule has 1 atom stereocenters. The van der Waals surface area contributed by atoms with Crippen molar-refractivity contribution in [3.05, 3.63) is 29.1 Å². The average Bonchev–Trinajstić information content (AvgIpc) is 3.08. The van der Waals surface area contributed by atoms with E-state index in [0.29, 0.717) is 11.3 Å². The molecule has 0 spiro atoms. The van der Waals surface area contributed by atoms with Crippen LogP contribution in [0.5, 0.6) is 0 Å². The standard InChI is InChI=1S/C13H16N2O3/c1-7-3-6-10(8(2)14-7)12(16)15-11(13(17)18)9-4-5-9/h3,6,9,11H,4-5H2,1-2H3,(H,15,16)(H,17,18). The second-order valence-electron chi connectivity index (χ2n) is 4.71. The maximum Gasteiger partial charge on any atom is 0.326 e. The van der Waals surface area contributed by atoms with Crippen molar-refractivity contribution in [2.75, 3.05) is 0 Å². The van der Waals surface area contributed by atoms with Crippen molar-refractivity contribution in [3.63, 3.8) is 0 Å². The van der Waals surface area contributed by atoms with Crippen LogP contribution in [0.3, 0.4) is 0 Å². The van der Waals surface area contributed by atoms with E-state index in [1.165, 1.54) is 0 Å². The highest BCUT2D eigenvalue weighted by Gasteiger charge is 2.37. The lowest BCUT2D eigenvalue weighted by Gasteiger charge is -2.14. The number of aromatic nitrogens is 1. The van der Waals surface area contributed by atoms with Crippen LogP contribution in [-0.4, -0.2) is 28.0 Å². The van der Waals surface area contributed by atoms with E-state index in [1.54, 1.807) is 19.1 Å². The minimum Gasteiger partial charge on any atom is -0.480 e. The summed E-state index contributed by atoms with van der Waals surface area (Å²) in [5.41, 5.74) is 1.89. The van der Waals surface area contributed by atoms with Crippen LogP contribution in [-0.2, 0) is 4.79 Å². The normalized spacial score (nSPS) is 16.1. The van der Waals surface area contributed by atoms with Gasteiger partial charge in [-0.15, -0.1) is 0 Å². The molecule has 1 aromatic rings. The van der Waals surface area contributed by atoms with Crippen LogP contribution < -0.4 is 5.32 Å². The van der Waals surface area contributed by atoms with Crippen LogP contribution >= 0.6 is 0 Å².